The first-order chi connectivity index (χ1) is 27.2. The van der Waals surface area contributed by atoms with Crippen molar-refractivity contribution in [2.75, 3.05) is 0 Å². The van der Waals surface area contributed by atoms with Gasteiger partial charge in [0.1, 0.15) is 17.0 Å². The van der Waals surface area contributed by atoms with Gasteiger partial charge in [0.05, 0.1) is 28.1 Å². The van der Waals surface area contributed by atoms with E-state index < -0.39 is 5.41 Å². The molecule has 0 N–H and O–H groups in total. The number of hydrogen-bond donors (Lipinski definition) is 0. The second-order valence-electron chi connectivity index (χ2n) is 14.2. The second-order valence-corrected chi connectivity index (χ2v) is 14.2. The first kappa shape index (κ1) is 31.1. The molecule has 4 nitrogen and oxygen atoms in total. The molecule has 1 unspecified atom stereocenters. The average Bonchev–Trinajstić information content (AvgIpc) is 3.93. The zero-order valence-electron chi connectivity index (χ0n) is 29.6. The number of hydrogen-bond acceptors (Lipinski definition) is 3. The van der Waals surface area contributed by atoms with E-state index in [9.17, 15) is 5.26 Å². The Morgan fingerprint density at radius 3 is 1.96 bits per heavy atom. The van der Waals surface area contributed by atoms with Crippen molar-refractivity contribution in [3.63, 3.8) is 0 Å². The van der Waals surface area contributed by atoms with Crippen LogP contribution in [0.2, 0.25) is 0 Å². The van der Waals surface area contributed by atoms with Gasteiger partial charge in [-0.1, -0.05) is 140 Å². The van der Waals surface area contributed by atoms with Crippen LogP contribution in [-0.2, 0) is 5.41 Å². The Morgan fingerprint density at radius 2 is 1.16 bits per heavy atom. The van der Waals surface area contributed by atoms with Crippen molar-refractivity contribution in [2.24, 2.45) is 0 Å². The lowest BCUT2D eigenvalue weighted by Gasteiger charge is -2.34. The topological polar surface area (TPSA) is 54.8 Å². The van der Waals surface area contributed by atoms with E-state index in [0.29, 0.717) is 5.56 Å². The molecule has 0 radical (unpaired) electrons. The highest BCUT2D eigenvalue weighted by molar-refractivity contribution is 6.20. The standard InChI is InChI=1S/C51H31N3O/c52-32-33-22-24-34(25-23-33)39-17-11-21-45-48(39)49-46(55-45)31-30-42-47(49)40-16-7-8-18-41(40)51(42,36-12-3-1-4-13-36)37-28-26-35(27-29-37)50-53-43-19-9-10-20-44(43)54(50)38-14-5-2-6-15-38/h1-31H. The van der Waals surface area contributed by atoms with Crippen LogP contribution in [0.3, 0.4) is 0 Å². The molecule has 0 bridgehead atoms. The third-order valence-electron chi connectivity index (χ3n) is 11.4. The third-order valence-corrected chi connectivity index (χ3v) is 11.4. The van der Waals surface area contributed by atoms with Crippen molar-refractivity contribution < 1.29 is 4.42 Å². The molecule has 8 aromatic carbocycles. The van der Waals surface area contributed by atoms with Gasteiger partial charge in [0.15, 0.2) is 0 Å². The van der Waals surface area contributed by atoms with Crippen LogP contribution in [-0.4, -0.2) is 9.55 Å². The molecule has 1 aliphatic rings. The van der Waals surface area contributed by atoms with E-state index in [1.165, 1.54) is 33.4 Å². The van der Waals surface area contributed by atoms with E-state index >= 15 is 0 Å². The number of para-hydroxylation sites is 3. The molecule has 0 spiro atoms. The molecule has 0 aliphatic heterocycles. The van der Waals surface area contributed by atoms with E-state index in [2.05, 4.69) is 156 Å². The number of nitrogens with zero attached hydrogens (tertiary/aromatic N) is 3. The molecule has 2 heterocycles. The number of furan rings is 1. The van der Waals surface area contributed by atoms with Crippen LogP contribution in [0.1, 0.15) is 27.8 Å². The molecule has 0 fully saturated rings. The number of imidazole rings is 1. The molecule has 55 heavy (non-hydrogen) atoms. The maximum absolute atomic E-state index is 9.51. The summed E-state index contributed by atoms with van der Waals surface area (Å²) in [6.07, 6.45) is 0. The highest BCUT2D eigenvalue weighted by Crippen LogP contribution is 2.59. The Bertz CT molecular complexity index is 3130. The first-order valence-electron chi connectivity index (χ1n) is 18.5. The van der Waals surface area contributed by atoms with Crippen LogP contribution in [0.5, 0.6) is 0 Å². The lowest BCUT2D eigenvalue weighted by atomic mass is 9.67. The predicted molar refractivity (Wildman–Crippen MR) is 221 cm³/mol. The van der Waals surface area contributed by atoms with Gasteiger partial charge in [-0.2, -0.15) is 5.26 Å². The molecule has 11 rings (SSSR count). The molecule has 2 aromatic heterocycles. The van der Waals surface area contributed by atoms with Crippen molar-refractivity contribution in [1.82, 2.24) is 9.55 Å². The van der Waals surface area contributed by atoms with Crippen LogP contribution in [0.15, 0.2) is 192 Å². The van der Waals surface area contributed by atoms with Crippen molar-refractivity contribution in [3.8, 4) is 45.4 Å². The summed E-state index contributed by atoms with van der Waals surface area (Å²) in [5.41, 5.74) is 15.2. The largest absolute Gasteiger partial charge is 0.456 e. The molecule has 1 atom stereocenters. The lowest BCUT2D eigenvalue weighted by Crippen LogP contribution is -2.28. The molecule has 0 saturated heterocycles. The molecular formula is C51H31N3O. The highest BCUT2D eigenvalue weighted by Gasteiger charge is 2.47. The van der Waals surface area contributed by atoms with Crippen molar-refractivity contribution in [2.45, 2.75) is 5.41 Å². The number of benzene rings is 8. The van der Waals surface area contributed by atoms with Crippen molar-refractivity contribution in [3.05, 3.63) is 216 Å². The molecule has 1 aliphatic carbocycles. The van der Waals surface area contributed by atoms with E-state index in [0.717, 1.165) is 61.2 Å². The average molecular weight is 702 g/mol. The van der Waals surface area contributed by atoms with Gasteiger partial charge in [-0.3, -0.25) is 4.57 Å². The van der Waals surface area contributed by atoms with Gasteiger partial charge in [-0.05, 0) is 93.0 Å². The summed E-state index contributed by atoms with van der Waals surface area (Å²) in [6, 6.07) is 68.4. The molecule has 10 aromatic rings. The fraction of sp³-hybridized carbons (Fsp3) is 0.0196. The van der Waals surface area contributed by atoms with Gasteiger partial charge in [0.25, 0.3) is 0 Å². The fourth-order valence-electron chi connectivity index (χ4n) is 9.04. The summed E-state index contributed by atoms with van der Waals surface area (Å²) in [5, 5.41) is 11.7. The summed E-state index contributed by atoms with van der Waals surface area (Å²) in [5.74, 6) is 0.904. The summed E-state index contributed by atoms with van der Waals surface area (Å²) < 4.78 is 8.91. The summed E-state index contributed by atoms with van der Waals surface area (Å²) in [6.45, 7) is 0. The molecule has 0 saturated carbocycles. The van der Waals surface area contributed by atoms with Gasteiger partial charge in [-0.15, -0.1) is 0 Å². The van der Waals surface area contributed by atoms with Gasteiger partial charge in [-0.25, -0.2) is 4.98 Å². The number of nitriles is 1. The predicted octanol–water partition coefficient (Wildman–Crippen LogP) is 12.5. The summed E-state index contributed by atoms with van der Waals surface area (Å²) >= 11 is 0. The Kier molecular flexibility index (Phi) is 6.80. The van der Waals surface area contributed by atoms with E-state index in [1.807, 2.05) is 42.5 Å². The van der Waals surface area contributed by atoms with Gasteiger partial charge >= 0.3 is 0 Å². The van der Waals surface area contributed by atoms with Crippen molar-refractivity contribution >= 4 is 33.0 Å². The Balaban J connectivity index is 1.18. The maximum Gasteiger partial charge on any atom is 0.145 e. The van der Waals surface area contributed by atoms with E-state index in [1.54, 1.807) is 0 Å². The number of aromatic nitrogens is 2. The van der Waals surface area contributed by atoms with Crippen LogP contribution < -0.4 is 0 Å². The van der Waals surface area contributed by atoms with Crippen LogP contribution >= 0.6 is 0 Å². The van der Waals surface area contributed by atoms with E-state index in [-0.39, 0.29) is 0 Å². The molecule has 4 heteroatoms. The van der Waals surface area contributed by atoms with Crippen LogP contribution in [0, 0.1) is 11.3 Å². The highest BCUT2D eigenvalue weighted by atomic mass is 16.3. The van der Waals surface area contributed by atoms with E-state index in [4.69, 9.17) is 9.40 Å². The van der Waals surface area contributed by atoms with Crippen molar-refractivity contribution in [1.29, 1.82) is 5.26 Å². The molecule has 256 valence electrons. The zero-order chi connectivity index (χ0) is 36.5. The van der Waals surface area contributed by atoms with Crippen LogP contribution in [0.25, 0.3) is 72.3 Å². The monoisotopic (exact) mass is 701 g/mol. The minimum Gasteiger partial charge on any atom is -0.456 e. The fourth-order valence-corrected chi connectivity index (χ4v) is 9.04. The summed E-state index contributed by atoms with van der Waals surface area (Å²) in [7, 11) is 0. The second kappa shape index (κ2) is 12.0. The van der Waals surface area contributed by atoms with Gasteiger partial charge in [0, 0.05) is 22.0 Å². The minimum atomic E-state index is -0.605. The maximum atomic E-state index is 9.51. The van der Waals surface area contributed by atoms with Crippen LogP contribution in [0.4, 0.5) is 0 Å². The Labute approximate surface area is 317 Å². The number of rotatable bonds is 5. The van der Waals surface area contributed by atoms with Gasteiger partial charge < -0.3 is 4.42 Å². The Hall–Kier alpha value is -7.48. The lowest BCUT2D eigenvalue weighted by molar-refractivity contribution is 0.668. The SMILES string of the molecule is N#Cc1ccc(-c2cccc3oc4ccc5c(c4c23)-c2ccccc2C5(c2ccccc2)c2ccc(-c3nc4ccccc4n3-c3ccccc3)cc2)cc1. The smallest absolute Gasteiger partial charge is 0.145 e. The quantitative estimate of drug-likeness (QED) is 0.179. The number of fused-ring (bicyclic) bond motifs is 8. The summed E-state index contributed by atoms with van der Waals surface area (Å²) in [4.78, 5) is 5.17. The minimum absolute atomic E-state index is 0.605. The normalized spacial score (nSPS) is 14.6. The zero-order valence-corrected chi connectivity index (χ0v) is 29.6. The Morgan fingerprint density at radius 1 is 0.509 bits per heavy atom. The third kappa shape index (κ3) is 4.48. The molecule has 0 amide bonds. The van der Waals surface area contributed by atoms with Gasteiger partial charge in [0.2, 0.25) is 0 Å². The molecular weight excluding hydrogens is 671 g/mol. The first-order valence-corrected chi connectivity index (χ1v) is 18.5.